The molecule has 1 heterocycles. The number of aliphatic imine (C=N–C) groups is 1. The van der Waals surface area contributed by atoms with Gasteiger partial charge in [0.25, 0.3) is 0 Å². The summed E-state index contributed by atoms with van der Waals surface area (Å²) in [6, 6.07) is 5.88. The van der Waals surface area contributed by atoms with Crippen LogP contribution in [0.5, 0.6) is 0 Å². The highest BCUT2D eigenvalue weighted by Gasteiger charge is 2.28. The number of allylic oxidation sites excluding steroid dienone is 1. The maximum absolute atomic E-state index is 9.52. The highest BCUT2D eigenvalue weighted by Crippen LogP contribution is 2.38. The van der Waals surface area contributed by atoms with Crippen molar-refractivity contribution in [3.8, 4) is 12.3 Å². The number of terminal acetylenes is 1. The summed E-state index contributed by atoms with van der Waals surface area (Å²) in [6.45, 7) is 14.6. The molecule has 0 spiro atoms. The normalized spacial score (nSPS) is 18.4. The predicted molar refractivity (Wildman–Crippen MR) is 132 cm³/mol. The van der Waals surface area contributed by atoms with Crippen LogP contribution in [0.2, 0.25) is 0 Å². The minimum atomic E-state index is -0.454. The molecule has 0 aromatic heterocycles. The number of aliphatic hydroxyl groups excluding tert-OH is 1. The van der Waals surface area contributed by atoms with Crippen LogP contribution in [0.25, 0.3) is 5.70 Å². The number of hydrogen-bond acceptors (Lipinski definition) is 6. The van der Waals surface area contributed by atoms with E-state index in [9.17, 15) is 5.11 Å². The minimum absolute atomic E-state index is 0.00638. The third kappa shape index (κ3) is 5.61. The number of nitrogens with one attached hydrogen (secondary N) is 2. The van der Waals surface area contributed by atoms with Crippen LogP contribution in [0.15, 0.2) is 53.8 Å². The third-order valence-corrected chi connectivity index (χ3v) is 5.65. The molecule has 1 aliphatic carbocycles. The van der Waals surface area contributed by atoms with Gasteiger partial charge in [0.05, 0.1) is 24.4 Å². The fraction of sp³-hybridized carbons (Fsp3) is 0.423. The van der Waals surface area contributed by atoms with Crippen LogP contribution >= 0.6 is 0 Å². The van der Waals surface area contributed by atoms with Crippen LogP contribution in [0.4, 0.5) is 5.69 Å². The monoisotopic (exact) mass is 434 g/mol. The first kappa shape index (κ1) is 23.6. The molecule has 170 valence electrons. The zero-order chi connectivity index (χ0) is 23.5. The van der Waals surface area contributed by atoms with Crippen molar-refractivity contribution in [2.24, 2.45) is 10.9 Å². The second-order valence-corrected chi connectivity index (χ2v) is 9.06. The Morgan fingerprint density at radius 1 is 1.38 bits per heavy atom. The van der Waals surface area contributed by atoms with E-state index in [-0.39, 0.29) is 12.8 Å². The lowest BCUT2D eigenvalue weighted by molar-refractivity contribution is 0.0464. The fourth-order valence-electron chi connectivity index (χ4n) is 3.67. The lowest BCUT2D eigenvalue weighted by Crippen LogP contribution is -2.48. The molecule has 1 saturated carbocycles. The first-order valence-corrected chi connectivity index (χ1v) is 10.9. The molecule has 1 atom stereocenters. The van der Waals surface area contributed by atoms with Gasteiger partial charge in [-0.05, 0) is 63.8 Å². The lowest BCUT2D eigenvalue weighted by atomic mass is 10.0. The topological polar surface area (TPSA) is 69.1 Å². The van der Waals surface area contributed by atoms with Gasteiger partial charge in [0.2, 0.25) is 0 Å². The molecule has 1 aromatic rings. The molecule has 3 rings (SSSR count). The zero-order valence-corrected chi connectivity index (χ0v) is 19.5. The number of aliphatic hydroxyl groups is 1. The Balaban J connectivity index is 1.86. The van der Waals surface area contributed by atoms with Crippen molar-refractivity contribution in [2.45, 2.75) is 45.4 Å². The van der Waals surface area contributed by atoms with E-state index in [4.69, 9.17) is 16.2 Å². The molecule has 6 nitrogen and oxygen atoms in total. The average molecular weight is 435 g/mol. The van der Waals surface area contributed by atoms with E-state index in [0.717, 1.165) is 39.7 Å². The van der Waals surface area contributed by atoms with E-state index >= 15 is 0 Å². The summed E-state index contributed by atoms with van der Waals surface area (Å²) in [5, 5.41) is 16.3. The first-order valence-electron chi connectivity index (χ1n) is 10.9. The Labute approximate surface area is 191 Å². The quantitative estimate of drug-likeness (QED) is 0.487. The van der Waals surface area contributed by atoms with Gasteiger partial charge in [0.1, 0.15) is 5.84 Å². The van der Waals surface area contributed by atoms with Crippen molar-refractivity contribution in [1.82, 2.24) is 10.2 Å². The number of methoxy groups -OCH3 is 1. The van der Waals surface area contributed by atoms with Gasteiger partial charge in [0, 0.05) is 35.3 Å². The Bertz CT molecular complexity index is 996. The van der Waals surface area contributed by atoms with E-state index in [2.05, 4.69) is 29.7 Å². The molecular formula is C26H34N4O2. The van der Waals surface area contributed by atoms with Gasteiger partial charge in [-0.2, -0.15) is 0 Å². The Morgan fingerprint density at radius 3 is 2.69 bits per heavy atom. The van der Waals surface area contributed by atoms with Crippen molar-refractivity contribution < 1.29 is 9.84 Å². The molecule has 2 aliphatic rings. The summed E-state index contributed by atoms with van der Waals surface area (Å²) in [6.07, 6.45) is 9.65. The largest absolute Gasteiger partial charge is 0.394 e. The van der Waals surface area contributed by atoms with Crippen molar-refractivity contribution in [1.29, 1.82) is 0 Å². The van der Waals surface area contributed by atoms with Gasteiger partial charge in [-0.25, -0.2) is 4.99 Å². The van der Waals surface area contributed by atoms with Crippen LogP contribution in [-0.2, 0) is 4.74 Å². The predicted octanol–water partition coefficient (Wildman–Crippen LogP) is 3.93. The zero-order valence-electron chi connectivity index (χ0n) is 19.5. The maximum atomic E-state index is 9.52. The van der Waals surface area contributed by atoms with Crippen LogP contribution in [0, 0.1) is 18.3 Å². The number of nitrogens with zero attached hydrogens (tertiary/aromatic N) is 2. The summed E-state index contributed by atoms with van der Waals surface area (Å²) < 4.78 is 5.78. The maximum Gasteiger partial charge on any atom is 0.152 e. The summed E-state index contributed by atoms with van der Waals surface area (Å²) in [5.74, 6) is 4.04. The average Bonchev–Trinajstić information content (AvgIpc) is 3.60. The highest BCUT2D eigenvalue weighted by atomic mass is 16.5. The lowest BCUT2D eigenvalue weighted by Gasteiger charge is -2.36. The Hall–Kier alpha value is -3.01. The van der Waals surface area contributed by atoms with E-state index in [0.29, 0.717) is 12.5 Å². The van der Waals surface area contributed by atoms with Crippen molar-refractivity contribution in [2.75, 3.05) is 25.6 Å². The van der Waals surface area contributed by atoms with Gasteiger partial charge in [-0.3, -0.25) is 0 Å². The van der Waals surface area contributed by atoms with Crippen molar-refractivity contribution >= 4 is 17.2 Å². The van der Waals surface area contributed by atoms with Crippen LogP contribution in [0.3, 0.4) is 0 Å². The molecule has 1 aromatic carbocycles. The molecule has 0 bridgehead atoms. The summed E-state index contributed by atoms with van der Waals surface area (Å²) in [4.78, 5) is 6.90. The third-order valence-electron chi connectivity index (χ3n) is 5.65. The van der Waals surface area contributed by atoms with Crippen LogP contribution in [-0.4, -0.2) is 47.9 Å². The van der Waals surface area contributed by atoms with E-state index in [1.165, 1.54) is 12.8 Å². The van der Waals surface area contributed by atoms with Gasteiger partial charge in [-0.1, -0.05) is 19.1 Å². The molecular weight excluding hydrogens is 400 g/mol. The SMILES string of the molecule is C#Cc1ccc(C2=CC(OC)N(CC(=C)NC(C)(C)CO)C(C)=N2)c(NC(=C)C2CC2)c1. The first-order chi connectivity index (χ1) is 15.2. The number of benzene rings is 1. The van der Waals surface area contributed by atoms with E-state index < -0.39 is 5.54 Å². The number of rotatable bonds is 10. The number of hydrogen-bond donors (Lipinski definition) is 3. The number of ether oxygens (including phenoxy) is 1. The number of amidine groups is 1. The Morgan fingerprint density at radius 2 is 2.09 bits per heavy atom. The van der Waals surface area contributed by atoms with Crippen molar-refractivity contribution in [3.05, 3.63) is 60.0 Å². The standard InChI is InChI=1S/C26H34N4O2/c1-8-20-9-12-22(23(13-20)27-18(3)21-10-11-21)24-14-25(32-7)30(19(4)28-24)15-17(2)29-26(5,6)16-31/h1,9,12-14,21,25,27,29,31H,2-3,10-11,15-16H2,4-7H3. The fourth-order valence-corrected chi connectivity index (χ4v) is 3.67. The molecule has 3 N–H and O–H groups in total. The summed E-state index contributed by atoms with van der Waals surface area (Å²) >= 11 is 0. The van der Waals surface area contributed by atoms with Gasteiger partial charge >= 0.3 is 0 Å². The Kier molecular flexibility index (Phi) is 7.12. The summed E-state index contributed by atoms with van der Waals surface area (Å²) in [7, 11) is 1.67. The molecule has 1 unspecified atom stereocenters. The molecule has 0 amide bonds. The second kappa shape index (κ2) is 9.64. The minimum Gasteiger partial charge on any atom is -0.394 e. The summed E-state index contributed by atoms with van der Waals surface area (Å²) in [5.41, 5.74) is 4.80. The van der Waals surface area contributed by atoms with Crippen LogP contribution < -0.4 is 10.6 Å². The second-order valence-electron chi connectivity index (χ2n) is 9.06. The van der Waals surface area contributed by atoms with E-state index in [1.807, 2.05) is 49.9 Å². The smallest absolute Gasteiger partial charge is 0.152 e. The molecule has 32 heavy (non-hydrogen) atoms. The van der Waals surface area contributed by atoms with Gasteiger partial charge < -0.3 is 25.4 Å². The van der Waals surface area contributed by atoms with Crippen LogP contribution in [0.1, 0.15) is 44.7 Å². The molecule has 1 aliphatic heterocycles. The molecule has 0 saturated heterocycles. The van der Waals surface area contributed by atoms with Crippen molar-refractivity contribution in [3.63, 3.8) is 0 Å². The highest BCUT2D eigenvalue weighted by molar-refractivity contribution is 5.91. The van der Waals surface area contributed by atoms with Gasteiger partial charge in [-0.15, -0.1) is 6.42 Å². The number of anilines is 1. The van der Waals surface area contributed by atoms with E-state index in [1.54, 1.807) is 7.11 Å². The van der Waals surface area contributed by atoms with Gasteiger partial charge in [0.15, 0.2) is 6.23 Å². The molecule has 0 radical (unpaired) electrons. The molecule has 6 heteroatoms. The molecule has 1 fully saturated rings.